The summed E-state index contributed by atoms with van der Waals surface area (Å²) in [7, 11) is 1.49. The van der Waals surface area contributed by atoms with Crippen molar-refractivity contribution in [3.05, 3.63) is 40.5 Å². The normalized spacial score (nSPS) is 9.95. The monoisotopic (exact) mass is 277 g/mol. The summed E-state index contributed by atoms with van der Waals surface area (Å²) in [6.45, 7) is 0.430. The maximum atomic E-state index is 13.0. The molecule has 6 heteroatoms. The molecule has 0 atom stereocenters. The molecule has 19 heavy (non-hydrogen) atoms. The number of nitrogens with one attached hydrogen (secondary N) is 1. The Hall–Kier alpha value is -2.26. The van der Waals surface area contributed by atoms with Crippen LogP contribution in [0.2, 0.25) is 0 Å². The molecule has 0 unspecified atom stereocenters. The minimum Gasteiger partial charge on any atom is -0.492 e. The standard InChI is InChI=1S/C13H12FN3OS/c1-18-12-11(16)10(6-15)19-13(12)17-7-8-3-2-4-9(14)5-8/h2-5,17H,7,16H2,1H3. The molecule has 1 heterocycles. The molecule has 3 N–H and O–H groups in total. The fourth-order valence-corrected chi connectivity index (χ4v) is 2.54. The van der Waals surface area contributed by atoms with Gasteiger partial charge < -0.3 is 15.8 Å². The minimum atomic E-state index is -0.283. The Balaban J connectivity index is 2.18. The molecule has 0 radical (unpaired) electrons. The van der Waals surface area contributed by atoms with Crippen LogP contribution in [-0.4, -0.2) is 7.11 Å². The first kappa shape index (κ1) is 13.2. The van der Waals surface area contributed by atoms with Crippen molar-refractivity contribution in [3.8, 4) is 11.8 Å². The third kappa shape index (κ3) is 2.77. The lowest BCUT2D eigenvalue weighted by Crippen LogP contribution is -2.00. The average molecular weight is 277 g/mol. The van der Waals surface area contributed by atoms with Crippen molar-refractivity contribution in [2.75, 3.05) is 18.2 Å². The highest BCUT2D eigenvalue weighted by Gasteiger charge is 2.16. The van der Waals surface area contributed by atoms with E-state index < -0.39 is 0 Å². The number of hydrogen-bond acceptors (Lipinski definition) is 5. The van der Waals surface area contributed by atoms with Crippen LogP contribution in [0.25, 0.3) is 0 Å². The van der Waals surface area contributed by atoms with Gasteiger partial charge in [-0.25, -0.2) is 4.39 Å². The molecule has 98 valence electrons. The predicted molar refractivity (Wildman–Crippen MR) is 73.7 cm³/mol. The smallest absolute Gasteiger partial charge is 0.177 e. The Kier molecular flexibility index (Phi) is 3.88. The lowest BCUT2D eigenvalue weighted by Gasteiger charge is -2.07. The van der Waals surface area contributed by atoms with E-state index in [1.54, 1.807) is 6.07 Å². The highest BCUT2D eigenvalue weighted by Crippen LogP contribution is 2.42. The van der Waals surface area contributed by atoms with Crippen LogP contribution in [0.15, 0.2) is 24.3 Å². The number of anilines is 2. The summed E-state index contributed by atoms with van der Waals surface area (Å²) in [5.41, 5.74) is 6.91. The van der Waals surface area contributed by atoms with Crippen molar-refractivity contribution in [1.82, 2.24) is 0 Å². The van der Waals surface area contributed by atoms with Crippen LogP contribution in [0.3, 0.4) is 0 Å². The number of hydrogen-bond donors (Lipinski definition) is 2. The van der Waals surface area contributed by atoms with Crippen LogP contribution in [0.1, 0.15) is 10.4 Å². The molecule has 2 rings (SSSR count). The van der Waals surface area contributed by atoms with E-state index >= 15 is 0 Å². The molecule has 2 aromatic rings. The average Bonchev–Trinajstić information content (AvgIpc) is 2.72. The van der Waals surface area contributed by atoms with Crippen LogP contribution in [0.5, 0.6) is 5.75 Å². The van der Waals surface area contributed by atoms with Crippen molar-refractivity contribution in [2.45, 2.75) is 6.54 Å². The van der Waals surface area contributed by atoms with Gasteiger partial charge >= 0.3 is 0 Å². The SMILES string of the molecule is COc1c(NCc2cccc(F)c2)sc(C#N)c1N. The molecular weight excluding hydrogens is 265 g/mol. The molecule has 0 spiro atoms. The van der Waals surface area contributed by atoms with Gasteiger partial charge in [0.25, 0.3) is 0 Å². The summed E-state index contributed by atoms with van der Waals surface area (Å²) in [4.78, 5) is 0.401. The van der Waals surface area contributed by atoms with E-state index in [1.807, 2.05) is 12.1 Å². The second-order valence-corrected chi connectivity index (χ2v) is 4.82. The van der Waals surface area contributed by atoms with Crippen LogP contribution in [0.4, 0.5) is 15.1 Å². The van der Waals surface area contributed by atoms with E-state index in [-0.39, 0.29) is 5.82 Å². The van der Waals surface area contributed by atoms with E-state index in [2.05, 4.69) is 5.32 Å². The Bertz CT molecular complexity index is 633. The van der Waals surface area contributed by atoms with Crippen LogP contribution in [-0.2, 0) is 6.54 Å². The second kappa shape index (κ2) is 5.59. The molecule has 0 aliphatic carbocycles. The van der Waals surface area contributed by atoms with E-state index in [0.717, 1.165) is 5.56 Å². The second-order valence-electron chi connectivity index (χ2n) is 3.80. The first-order chi connectivity index (χ1) is 9.15. The van der Waals surface area contributed by atoms with Crippen molar-refractivity contribution in [3.63, 3.8) is 0 Å². The molecule has 0 fully saturated rings. The zero-order chi connectivity index (χ0) is 13.8. The van der Waals surface area contributed by atoms with Crippen molar-refractivity contribution >= 4 is 22.0 Å². The summed E-state index contributed by atoms with van der Waals surface area (Å²) in [5, 5.41) is 12.7. The third-order valence-corrected chi connectivity index (χ3v) is 3.60. The van der Waals surface area contributed by atoms with Crippen LogP contribution < -0.4 is 15.8 Å². The minimum absolute atomic E-state index is 0.283. The summed E-state index contributed by atoms with van der Waals surface area (Å²) < 4.78 is 18.2. The Morgan fingerprint density at radius 1 is 1.53 bits per heavy atom. The van der Waals surface area contributed by atoms with Gasteiger partial charge in [0.05, 0.1) is 7.11 Å². The summed E-state index contributed by atoms with van der Waals surface area (Å²) in [5.74, 6) is 0.174. The molecule has 0 saturated carbocycles. The zero-order valence-corrected chi connectivity index (χ0v) is 11.1. The first-order valence-electron chi connectivity index (χ1n) is 5.50. The number of nitrogens with two attached hydrogens (primary N) is 1. The zero-order valence-electron chi connectivity index (χ0n) is 10.2. The molecule has 0 saturated heterocycles. The highest BCUT2D eigenvalue weighted by atomic mass is 32.1. The quantitative estimate of drug-likeness (QED) is 0.901. The van der Waals surface area contributed by atoms with Gasteiger partial charge in [0, 0.05) is 6.54 Å². The van der Waals surface area contributed by atoms with Crippen molar-refractivity contribution in [2.24, 2.45) is 0 Å². The van der Waals surface area contributed by atoms with Gasteiger partial charge in [-0.05, 0) is 17.7 Å². The van der Waals surface area contributed by atoms with Gasteiger partial charge in [0.2, 0.25) is 0 Å². The molecule has 0 bridgehead atoms. The first-order valence-corrected chi connectivity index (χ1v) is 6.32. The van der Waals surface area contributed by atoms with Gasteiger partial charge in [-0.2, -0.15) is 5.26 Å². The fourth-order valence-electron chi connectivity index (χ4n) is 1.66. The number of thiophene rings is 1. The van der Waals surface area contributed by atoms with Gasteiger partial charge in [0.15, 0.2) is 5.75 Å². The summed E-state index contributed by atoms with van der Waals surface area (Å²) >= 11 is 1.22. The topological polar surface area (TPSA) is 71.1 Å². The molecular formula is C13H12FN3OS. The molecule has 0 aliphatic heterocycles. The Morgan fingerprint density at radius 2 is 2.32 bits per heavy atom. The number of nitriles is 1. The largest absolute Gasteiger partial charge is 0.492 e. The number of nitrogen functional groups attached to an aromatic ring is 1. The van der Waals surface area contributed by atoms with Crippen molar-refractivity contribution in [1.29, 1.82) is 5.26 Å². The summed E-state index contributed by atoms with van der Waals surface area (Å²) in [6, 6.07) is 8.30. The lowest BCUT2D eigenvalue weighted by atomic mass is 10.2. The van der Waals surface area contributed by atoms with Crippen LogP contribution in [0, 0.1) is 17.1 Å². The van der Waals surface area contributed by atoms with Gasteiger partial charge in [0.1, 0.15) is 27.5 Å². The Labute approximate surface area is 114 Å². The van der Waals surface area contributed by atoms with E-state index in [9.17, 15) is 4.39 Å². The van der Waals surface area contributed by atoms with E-state index in [4.69, 9.17) is 15.7 Å². The maximum Gasteiger partial charge on any atom is 0.177 e. The highest BCUT2D eigenvalue weighted by molar-refractivity contribution is 7.17. The number of methoxy groups -OCH3 is 1. The molecule has 1 aromatic heterocycles. The number of benzene rings is 1. The fraction of sp³-hybridized carbons (Fsp3) is 0.154. The Morgan fingerprint density at radius 3 is 2.95 bits per heavy atom. The molecule has 0 amide bonds. The lowest BCUT2D eigenvalue weighted by molar-refractivity contribution is 0.420. The van der Waals surface area contributed by atoms with E-state index in [1.165, 1.54) is 30.6 Å². The summed E-state index contributed by atoms with van der Waals surface area (Å²) in [6.07, 6.45) is 0. The number of nitrogens with zero attached hydrogens (tertiary/aromatic N) is 1. The number of halogens is 1. The predicted octanol–water partition coefficient (Wildman–Crippen LogP) is 2.96. The van der Waals surface area contributed by atoms with Crippen LogP contribution >= 0.6 is 11.3 Å². The number of ether oxygens (including phenoxy) is 1. The molecule has 1 aromatic carbocycles. The van der Waals surface area contributed by atoms with E-state index in [0.29, 0.717) is 27.9 Å². The van der Waals surface area contributed by atoms with Crippen molar-refractivity contribution < 1.29 is 9.13 Å². The van der Waals surface area contributed by atoms with Gasteiger partial charge in [-0.3, -0.25) is 0 Å². The third-order valence-electron chi connectivity index (χ3n) is 2.55. The number of rotatable bonds is 4. The van der Waals surface area contributed by atoms with Gasteiger partial charge in [-0.15, -0.1) is 11.3 Å². The molecule has 0 aliphatic rings. The maximum absolute atomic E-state index is 13.0. The molecule has 4 nitrogen and oxygen atoms in total. The van der Waals surface area contributed by atoms with Gasteiger partial charge in [-0.1, -0.05) is 12.1 Å².